The Hall–Kier alpha value is -0.240. The SMILES string of the molecule is CC(C)C(CN)Cc1c(Cl)cccc1Cl. The zero-order valence-corrected chi connectivity index (χ0v) is 10.6. The first-order chi connectivity index (χ1) is 7.06. The molecule has 1 unspecified atom stereocenters. The van der Waals surface area contributed by atoms with Crippen molar-refractivity contribution in [2.45, 2.75) is 20.3 Å². The first-order valence-corrected chi connectivity index (χ1v) is 5.94. The molecule has 1 rings (SSSR count). The van der Waals surface area contributed by atoms with Gasteiger partial charge in [0.15, 0.2) is 0 Å². The van der Waals surface area contributed by atoms with Gasteiger partial charge in [-0.05, 0) is 42.5 Å². The van der Waals surface area contributed by atoms with Crippen molar-refractivity contribution < 1.29 is 0 Å². The van der Waals surface area contributed by atoms with E-state index in [4.69, 9.17) is 28.9 Å². The van der Waals surface area contributed by atoms with Crippen LogP contribution in [-0.4, -0.2) is 6.54 Å². The predicted octanol–water partition coefficient (Wildman–Crippen LogP) is 3.77. The van der Waals surface area contributed by atoms with Gasteiger partial charge in [0.2, 0.25) is 0 Å². The fourth-order valence-corrected chi connectivity index (χ4v) is 2.13. The standard InChI is InChI=1S/C12H17Cl2N/c1-8(2)9(7-15)6-10-11(13)4-3-5-12(10)14/h3-5,8-9H,6-7,15H2,1-2H3. The highest BCUT2D eigenvalue weighted by molar-refractivity contribution is 6.35. The highest BCUT2D eigenvalue weighted by Gasteiger charge is 2.15. The van der Waals surface area contributed by atoms with Crippen LogP contribution in [0.4, 0.5) is 0 Å². The Morgan fingerprint density at radius 3 is 2.13 bits per heavy atom. The maximum atomic E-state index is 6.11. The molecule has 1 aromatic rings. The van der Waals surface area contributed by atoms with Crippen LogP contribution >= 0.6 is 23.2 Å². The third kappa shape index (κ3) is 3.37. The number of halogens is 2. The molecule has 0 aromatic heterocycles. The van der Waals surface area contributed by atoms with Gasteiger partial charge in [-0.1, -0.05) is 43.1 Å². The van der Waals surface area contributed by atoms with Crippen molar-refractivity contribution in [1.29, 1.82) is 0 Å². The number of hydrogen-bond donors (Lipinski definition) is 1. The Morgan fingerprint density at radius 1 is 1.20 bits per heavy atom. The minimum atomic E-state index is 0.433. The molecule has 0 aliphatic carbocycles. The van der Waals surface area contributed by atoms with Gasteiger partial charge in [-0.2, -0.15) is 0 Å². The van der Waals surface area contributed by atoms with E-state index in [0.29, 0.717) is 18.4 Å². The minimum Gasteiger partial charge on any atom is -0.330 e. The van der Waals surface area contributed by atoms with Gasteiger partial charge in [0.1, 0.15) is 0 Å². The maximum absolute atomic E-state index is 6.11. The van der Waals surface area contributed by atoms with Crippen LogP contribution in [0, 0.1) is 11.8 Å². The summed E-state index contributed by atoms with van der Waals surface area (Å²) < 4.78 is 0. The topological polar surface area (TPSA) is 26.0 Å². The average molecular weight is 246 g/mol. The molecule has 84 valence electrons. The number of nitrogens with two attached hydrogens (primary N) is 1. The summed E-state index contributed by atoms with van der Waals surface area (Å²) in [6, 6.07) is 5.61. The molecule has 1 atom stereocenters. The van der Waals surface area contributed by atoms with Crippen molar-refractivity contribution in [2.24, 2.45) is 17.6 Å². The van der Waals surface area contributed by atoms with Crippen LogP contribution in [0.25, 0.3) is 0 Å². The molecule has 2 N–H and O–H groups in total. The molecular formula is C12H17Cl2N. The van der Waals surface area contributed by atoms with E-state index < -0.39 is 0 Å². The minimum absolute atomic E-state index is 0.433. The van der Waals surface area contributed by atoms with Gasteiger partial charge < -0.3 is 5.73 Å². The Bertz CT molecular complexity index is 303. The third-order valence-electron chi connectivity index (χ3n) is 2.77. The summed E-state index contributed by atoms with van der Waals surface area (Å²) in [4.78, 5) is 0. The van der Waals surface area contributed by atoms with Crippen LogP contribution in [-0.2, 0) is 6.42 Å². The van der Waals surface area contributed by atoms with E-state index >= 15 is 0 Å². The van der Waals surface area contributed by atoms with Gasteiger partial charge in [0, 0.05) is 10.0 Å². The van der Waals surface area contributed by atoms with E-state index in [0.717, 1.165) is 22.0 Å². The summed E-state index contributed by atoms with van der Waals surface area (Å²) >= 11 is 12.2. The second-order valence-electron chi connectivity index (χ2n) is 4.14. The van der Waals surface area contributed by atoms with Crippen LogP contribution in [0.5, 0.6) is 0 Å². The zero-order valence-electron chi connectivity index (χ0n) is 9.13. The fourth-order valence-electron chi connectivity index (χ4n) is 1.58. The maximum Gasteiger partial charge on any atom is 0.0452 e. The Morgan fingerprint density at radius 2 is 1.73 bits per heavy atom. The second-order valence-corrected chi connectivity index (χ2v) is 4.96. The lowest BCUT2D eigenvalue weighted by molar-refractivity contribution is 0.392. The van der Waals surface area contributed by atoms with E-state index in [-0.39, 0.29) is 0 Å². The smallest absolute Gasteiger partial charge is 0.0452 e. The van der Waals surface area contributed by atoms with Gasteiger partial charge >= 0.3 is 0 Å². The molecule has 1 nitrogen and oxygen atoms in total. The lowest BCUT2D eigenvalue weighted by Gasteiger charge is -2.20. The van der Waals surface area contributed by atoms with Crippen molar-refractivity contribution in [3.63, 3.8) is 0 Å². The van der Waals surface area contributed by atoms with E-state index in [2.05, 4.69) is 13.8 Å². The van der Waals surface area contributed by atoms with Crippen molar-refractivity contribution in [3.8, 4) is 0 Å². The number of rotatable bonds is 4. The van der Waals surface area contributed by atoms with Crippen LogP contribution in [0.2, 0.25) is 10.0 Å². The van der Waals surface area contributed by atoms with Crippen LogP contribution in [0.1, 0.15) is 19.4 Å². The molecule has 0 radical (unpaired) electrons. The molecule has 0 aliphatic heterocycles. The van der Waals surface area contributed by atoms with Gasteiger partial charge in [-0.3, -0.25) is 0 Å². The number of hydrogen-bond acceptors (Lipinski definition) is 1. The predicted molar refractivity (Wildman–Crippen MR) is 67.5 cm³/mol. The first-order valence-electron chi connectivity index (χ1n) is 5.19. The van der Waals surface area contributed by atoms with E-state index in [1.54, 1.807) is 0 Å². The monoisotopic (exact) mass is 245 g/mol. The molecule has 3 heteroatoms. The van der Waals surface area contributed by atoms with Crippen molar-refractivity contribution in [3.05, 3.63) is 33.8 Å². The normalized spacial score (nSPS) is 13.2. The molecule has 15 heavy (non-hydrogen) atoms. The highest BCUT2D eigenvalue weighted by Crippen LogP contribution is 2.28. The summed E-state index contributed by atoms with van der Waals surface area (Å²) in [6.07, 6.45) is 0.854. The molecule has 0 saturated carbocycles. The second kappa shape index (κ2) is 5.74. The van der Waals surface area contributed by atoms with Crippen molar-refractivity contribution in [2.75, 3.05) is 6.54 Å². The first kappa shape index (κ1) is 12.8. The Balaban J connectivity index is 2.87. The molecule has 0 aliphatic rings. The Kier molecular flexibility index (Phi) is 4.91. The van der Waals surface area contributed by atoms with Crippen LogP contribution in [0.3, 0.4) is 0 Å². The van der Waals surface area contributed by atoms with Crippen LogP contribution < -0.4 is 5.73 Å². The molecule has 0 bridgehead atoms. The summed E-state index contributed by atoms with van der Waals surface area (Å²) in [6.45, 7) is 5.00. The zero-order chi connectivity index (χ0) is 11.4. The molecular weight excluding hydrogens is 229 g/mol. The largest absolute Gasteiger partial charge is 0.330 e. The molecule has 1 aromatic carbocycles. The summed E-state index contributed by atoms with van der Waals surface area (Å²) in [5.41, 5.74) is 6.75. The van der Waals surface area contributed by atoms with Crippen molar-refractivity contribution >= 4 is 23.2 Å². The summed E-state index contributed by atoms with van der Waals surface area (Å²) in [5, 5.41) is 1.48. The summed E-state index contributed by atoms with van der Waals surface area (Å²) in [5.74, 6) is 0.977. The van der Waals surface area contributed by atoms with Crippen LogP contribution in [0.15, 0.2) is 18.2 Å². The van der Waals surface area contributed by atoms with Gasteiger partial charge in [-0.15, -0.1) is 0 Å². The van der Waals surface area contributed by atoms with Gasteiger partial charge in [0.05, 0.1) is 0 Å². The lowest BCUT2D eigenvalue weighted by atomic mass is 9.89. The van der Waals surface area contributed by atoms with E-state index in [1.165, 1.54) is 0 Å². The van der Waals surface area contributed by atoms with Gasteiger partial charge in [0.25, 0.3) is 0 Å². The average Bonchev–Trinajstić information content (AvgIpc) is 2.17. The molecule has 0 fully saturated rings. The molecule has 0 amide bonds. The summed E-state index contributed by atoms with van der Waals surface area (Å²) in [7, 11) is 0. The number of benzene rings is 1. The molecule has 0 spiro atoms. The fraction of sp³-hybridized carbons (Fsp3) is 0.500. The molecule has 0 saturated heterocycles. The van der Waals surface area contributed by atoms with E-state index in [1.807, 2.05) is 18.2 Å². The van der Waals surface area contributed by atoms with E-state index in [9.17, 15) is 0 Å². The lowest BCUT2D eigenvalue weighted by Crippen LogP contribution is -2.22. The Labute approximate surface area is 102 Å². The molecule has 0 heterocycles. The highest BCUT2D eigenvalue weighted by atomic mass is 35.5. The van der Waals surface area contributed by atoms with Crippen molar-refractivity contribution in [1.82, 2.24) is 0 Å². The van der Waals surface area contributed by atoms with Gasteiger partial charge in [-0.25, -0.2) is 0 Å². The quantitative estimate of drug-likeness (QED) is 0.859. The third-order valence-corrected chi connectivity index (χ3v) is 3.48.